The first-order valence-corrected chi connectivity index (χ1v) is 6.22. The van der Waals surface area contributed by atoms with Gasteiger partial charge in [0, 0.05) is 13.1 Å². The van der Waals surface area contributed by atoms with Crippen molar-refractivity contribution in [2.24, 2.45) is 5.73 Å². The van der Waals surface area contributed by atoms with Crippen molar-refractivity contribution in [3.63, 3.8) is 0 Å². The van der Waals surface area contributed by atoms with Crippen molar-refractivity contribution in [1.29, 1.82) is 0 Å². The zero-order valence-corrected chi connectivity index (χ0v) is 10.9. The number of aromatic nitrogens is 1. The second-order valence-electron chi connectivity index (χ2n) is 3.81. The van der Waals surface area contributed by atoms with Crippen LogP contribution in [0.1, 0.15) is 25.5 Å². The zero-order chi connectivity index (χ0) is 12.7. The minimum atomic E-state index is 0.114. The van der Waals surface area contributed by atoms with Gasteiger partial charge in [-0.3, -0.25) is 0 Å². The fraction of sp³-hybridized carbons (Fsp3) is 0.500. The van der Waals surface area contributed by atoms with E-state index in [1.165, 1.54) is 0 Å². The van der Waals surface area contributed by atoms with Gasteiger partial charge in [0.1, 0.15) is 10.8 Å². The largest absolute Gasteiger partial charge is 0.395 e. The normalized spacial score (nSPS) is 10.2. The number of aliphatic hydroxyl groups is 1. The third-order valence-electron chi connectivity index (χ3n) is 2.46. The molecule has 0 bridgehead atoms. The van der Waals surface area contributed by atoms with E-state index in [-0.39, 0.29) is 6.61 Å². The van der Waals surface area contributed by atoms with Crippen LogP contribution >= 0.6 is 12.2 Å². The molecule has 94 valence electrons. The van der Waals surface area contributed by atoms with Gasteiger partial charge in [0.25, 0.3) is 0 Å². The minimum absolute atomic E-state index is 0.114. The van der Waals surface area contributed by atoms with Crippen molar-refractivity contribution in [2.75, 3.05) is 24.6 Å². The van der Waals surface area contributed by atoms with Crippen molar-refractivity contribution >= 4 is 23.0 Å². The molecule has 0 saturated carbocycles. The molecule has 0 unspecified atom stereocenters. The van der Waals surface area contributed by atoms with Gasteiger partial charge in [-0.05, 0) is 18.6 Å². The third-order valence-corrected chi connectivity index (χ3v) is 2.67. The summed E-state index contributed by atoms with van der Waals surface area (Å²) in [5.41, 5.74) is 6.18. The predicted molar refractivity (Wildman–Crippen MR) is 74.3 cm³/mol. The van der Waals surface area contributed by atoms with Crippen LogP contribution in [0, 0.1) is 0 Å². The smallest absolute Gasteiger partial charge is 0.129 e. The fourth-order valence-electron chi connectivity index (χ4n) is 1.55. The molecule has 0 spiro atoms. The molecule has 0 radical (unpaired) electrons. The topological polar surface area (TPSA) is 62.4 Å². The number of nitrogens with two attached hydrogens (primary N) is 1. The molecule has 0 fully saturated rings. The van der Waals surface area contributed by atoms with Crippen LogP contribution in [0.5, 0.6) is 0 Å². The molecule has 1 aromatic heterocycles. The Morgan fingerprint density at radius 1 is 1.47 bits per heavy atom. The number of hydrogen-bond donors (Lipinski definition) is 2. The highest BCUT2D eigenvalue weighted by Gasteiger charge is 2.08. The van der Waals surface area contributed by atoms with Gasteiger partial charge in [-0.2, -0.15) is 0 Å². The molecule has 0 aliphatic carbocycles. The van der Waals surface area contributed by atoms with Gasteiger partial charge in [-0.25, -0.2) is 4.98 Å². The Labute approximate surface area is 107 Å². The van der Waals surface area contributed by atoms with Crippen molar-refractivity contribution < 1.29 is 5.11 Å². The van der Waals surface area contributed by atoms with Crippen LogP contribution in [0.15, 0.2) is 18.2 Å². The zero-order valence-electron chi connectivity index (χ0n) is 10.1. The summed E-state index contributed by atoms with van der Waals surface area (Å²) < 4.78 is 0. The Kier molecular flexibility index (Phi) is 5.86. The van der Waals surface area contributed by atoms with E-state index in [4.69, 9.17) is 23.1 Å². The standard InChI is InChI=1S/C12H19N3OS/c1-2-3-7-15(8-9-16)11-6-4-5-10(14-11)12(13)17/h4-6,16H,2-3,7-9H2,1H3,(H2,13,17). The second kappa shape index (κ2) is 7.19. The lowest BCUT2D eigenvalue weighted by Crippen LogP contribution is -2.29. The Morgan fingerprint density at radius 2 is 2.24 bits per heavy atom. The fourth-order valence-corrected chi connectivity index (χ4v) is 1.66. The molecular formula is C12H19N3OS. The molecule has 0 aromatic carbocycles. The lowest BCUT2D eigenvalue weighted by atomic mass is 10.3. The van der Waals surface area contributed by atoms with Gasteiger partial charge in [-0.1, -0.05) is 31.6 Å². The highest BCUT2D eigenvalue weighted by atomic mass is 32.1. The maximum absolute atomic E-state index is 9.06. The quantitative estimate of drug-likeness (QED) is 0.718. The number of unbranched alkanes of at least 4 members (excludes halogenated alkanes) is 1. The molecular weight excluding hydrogens is 234 g/mol. The molecule has 17 heavy (non-hydrogen) atoms. The average Bonchev–Trinajstić information content (AvgIpc) is 2.34. The predicted octanol–water partition coefficient (Wildman–Crippen LogP) is 1.31. The van der Waals surface area contributed by atoms with Gasteiger partial charge in [-0.15, -0.1) is 0 Å². The first-order chi connectivity index (χ1) is 8.19. The molecule has 0 atom stereocenters. The molecule has 1 rings (SSSR count). The Balaban J connectivity index is 2.84. The van der Waals surface area contributed by atoms with E-state index in [1.807, 2.05) is 17.0 Å². The highest BCUT2D eigenvalue weighted by Crippen LogP contribution is 2.12. The number of hydrogen-bond acceptors (Lipinski definition) is 4. The van der Waals surface area contributed by atoms with Crippen LogP contribution < -0.4 is 10.6 Å². The molecule has 4 nitrogen and oxygen atoms in total. The minimum Gasteiger partial charge on any atom is -0.395 e. The van der Waals surface area contributed by atoms with Crippen LogP contribution in [0.3, 0.4) is 0 Å². The summed E-state index contributed by atoms with van der Waals surface area (Å²) in [6.07, 6.45) is 2.18. The summed E-state index contributed by atoms with van der Waals surface area (Å²) in [5.74, 6) is 0.817. The van der Waals surface area contributed by atoms with Gasteiger partial charge in [0.15, 0.2) is 0 Å². The van der Waals surface area contributed by atoms with E-state index in [0.717, 1.165) is 25.2 Å². The number of nitrogens with zero attached hydrogens (tertiary/aromatic N) is 2. The van der Waals surface area contributed by atoms with Crippen LogP contribution in [0.25, 0.3) is 0 Å². The van der Waals surface area contributed by atoms with E-state index >= 15 is 0 Å². The molecule has 1 heterocycles. The van der Waals surface area contributed by atoms with Crippen LogP contribution in [-0.4, -0.2) is 34.8 Å². The number of anilines is 1. The Bertz CT molecular complexity index is 371. The van der Waals surface area contributed by atoms with Crippen LogP contribution in [-0.2, 0) is 0 Å². The monoisotopic (exact) mass is 253 g/mol. The molecule has 0 aliphatic rings. The first-order valence-electron chi connectivity index (χ1n) is 5.81. The van der Waals surface area contributed by atoms with E-state index in [2.05, 4.69) is 11.9 Å². The maximum atomic E-state index is 9.06. The lowest BCUT2D eigenvalue weighted by Gasteiger charge is -2.22. The number of pyridine rings is 1. The third kappa shape index (κ3) is 4.28. The number of rotatable bonds is 7. The number of thiocarbonyl (C=S) groups is 1. The molecule has 3 N–H and O–H groups in total. The van der Waals surface area contributed by atoms with Gasteiger partial charge in [0.2, 0.25) is 0 Å². The maximum Gasteiger partial charge on any atom is 0.129 e. The molecule has 0 aliphatic heterocycles. The Hall–Kier alpha value is -1.20. The highest BCUT2D eigenvalue weighted by molar-refractivity contribution is 7.80. The SMILES string of the molecule is CCCCN(CCO)c1cccc(C(N)=S)n1. The van der Waals surface area contributed by atoms with Crippen molar-refractivity contribution in [1.82, 2.24) is 4.98 Å². The van der Waals surface area contributed by atoms with E-state index in [9.17, 15) is 0 Å². The molecule has 1 aromatic rings. The summed E-state index contributed by atoms with van der Waals surface area (Å²) >= 11 is 4.91. The van der Waals surface area contributed by atoms with Crippen LogP contribution in [0.4, 0.5) is 5.82 Å². The summed E-state index contributed by atoms with van der Waals surface area (Å²) in [6.45, 7) is 3.71. The second-order valence-corrected chi connectivity index (χ2v) is 4.25. The van der Waals surface area contributed by atoms with Gasteiger partial charge < -0.3 is 15.7 Å². The van der Waals surface area contributed by atoms with E-state index in [1.54, 1.807) is 6.07 Å². The van der Waals surface area contributed by atoms with Crippen molar-refractivity contribution in [3.05, 3.63) is 23.9 Å². The van der Waals surface area contributed by atoms with Gasteiger partial charge in [0.05, 0.1) is 12.3 Å². The van der Waals surface area contributed by atoms with Crippen molar-refractivity contribution in [2.45, 2.75) is 19.8 Å². The van der Waals surface area contributed by atoms with Crippen LogP contribution in [0.2, 0.25) is 0 Å². The summed E-state index contributed by atoms with van der Waals surface area (Å²) in [5, 5.41) is 9.06. The Morgan fingerprint density at radius 3 is 2.82 bits per heavy atom. The average molecular weight is 253 g/mol. The number of aliphatic hydroxyl groups excluding tert-OH is 1. The van der Waals surface area contributed by atoms with Crippen molar-refractivity contribution in [3.8, 4) is 0 Å². The lowest BCUT2D eigenvalue weighted by molar-refractivity contribution is 0.301. The van der Waals surface area contributed by atoms with Gasteiger partial charge >= 0.3 is 0 Å². The summed E-state index contributed by atoms with van der Waals surface area (Å²) in [6, 6.07) is 5.59. The summed E-state index contributed by atoms with van der Waals surface area (Å²) in [4.78, 5) is 6.74. The van der Waals surface area contributed by atoms with E-state index < -0.39 is 0 Å². The molecule has 0 saturated heterocycles. The molecule has 5 heteroatoms. The first kappa shape index (κ1) is 13.9. The van der Waals surface area contributed by atoms with E-state index in [0.29, 0.717) is 17.2 Å². The summed E-state index contributed by atoms with van der Waals surface area (Å²) in [7, 11) is 0. The molecule has 0 amide bonds.